The summed E-state index contributed by atoms with van der Waals surface area (Å²) in [6.07, 6.45) is 4.51. The minimum absolute atomic E-state index is 0.0257. The Morgan fingerprint density at radius 3 is 2.52 bits per heavy atom. The number of likely N-dealkylation sites (tertiary alicyclic amines) is 1. The first-order chi connectivity index (χ1) is 11.0. The van der Waals surface area contributed by atoms with Gasteiger partial charge in [-0.2, -0.15) is 0 Å². The van der Waals surface area contributed by atoms with Gasteiger partial charge in [-0.05, 0) is 43.2 Å². The highest BCUT2D eigenvalue weighted by Gasteiger charge is 2.28. The van der Waals surface area contributed by atoms with E-state index in [0.29, 0.717) is 18.7 Å². The highest BCUT2D eigenvalue weighted by atomic mass is 16.3. The van der Waals surface area contributed by atoms with E-state index in [4.69, 9.17) is 0 Å². The molecule has 5 heteroatoms. The van der Waals surface area contributed by atoms with Crippen LogP contribution >= 0.6 is 0 Å². The van der Waals surface area contributed by atoms with Crippen LogP contribution in [0.15, 0.2) is 18.3 Å². The number of nitrogens with zero attached hydrogens (tertiary/aromatic N) is 3. The maximum Gasteiger partial charge on any atom is 0.255 e. The summed E-state index contributed by atoms with van der Waals surface area (Å²) in [4.78, 5) is 21.1. The Morgan fingerprint density at radius 2 is 1.91 bits per heavy atom. The smallest absolute Gasteiger partial charge is 0.255 e. The predicted molar refractivity (Wildman–Crippen MR) is 90.5 cm³/mol. The zero-order valence-corrected chi connectivity index (χ0v) is 14.1. The third-order valence-corrected chi connectivity index (χ3v) is 5.31. The Hall–Kier alpha value is -1.62. The number of aliphatic hydroxyl groups excluding tert-OH is 1. The maximum atomic E-state index is 12.5. The average Bonchev–Trinajstić information content (AvgIpc) is 2.57. The number of hydrogen-bond donors (Lipinski definition) is 1. The van der Waals surface area contributed by atoms with Gasteiger partial charge in [-0.15, -0.1) is 0 Å². The normalized spacial score (nSPS) is 26.4. The molecule has 2 unspecified atom stereocenters. The molecular weight excluding hydrogens is 290 g/mol. The number of hydrogen-bond acceptors (Lipinski definition) is 4. The fraction of sp³-hybridized carbons (Fsp3) is 0.667. The van der Waals surface area contributed by atoms with E-state index in [1.807, 2.05) is 19.1 Å². The van der Waals surface area contributed by atoms with Gasteiger partial charge in [0.2, 0.25) is 0 Å². The minimum atomic E-state index is -0.421. The molecule has 2 aliphatic rings. The van der Waals surface area contributed by atoms with Crippen LogP contribution in [0.25, 0.3) is 0 Å². The van der Waals surface area contributed by atoms with Gasteiger partial charge < -0.3 is 14.9 Å². The van der Waals surface area contributed by atoms with Crippen LogP contribution in [-0.2, 0) is 0 Å². The van der Waals surface area contributed by atoms with Gasteiger partial charge in [-0.1, -0.05) is 13.8 Å². The highest BCUT2D eigenvalue weighted by Crippen LogP contribution is 2.22. The molecule has 0 aromatic carbocycles. The first-order valence-electron chi connectivity index (χ1n) is 8.73. The van der Waals surface area contributed by atoms with Crippen LogP contribution in [0.2, 0.25) is 0 Å². The second kappa shape index (κ2) is 6.87. The lowest BCUT2D eigenvalue weighted by Gasteiger charge is -2.34. The van der Waals surface area contributed by atoms with Crippen LogP contribution in [0.3, 0.4) is 0 Å². The van der Waals surface area contributed by atoms with Gasteiger partial charge in [-0.3, -0.25) is 4.79 Å². The van der Waals surface area contributed by atoms with Crippen molar-refractivity contribution < 1.29 is 9.90 Å². The van der Waals surface area contributed by atoms with Crippen LogP contribution in [0.4, 0.5) is 5.82 Å². The van der Waals surface area contributed by atoms with Crippen LogP contribution in [0, 0.1) is 11.8 Å². The minimum Gasteiger partial charge on any atom is -0.391 e. The third-order valence-electron chi connectivity index (χ3n) is 5.31. The quantitative estimate of drug-likeness (QED) is 0.908. The van der Waals surface area contributed by atoms with Gasteiger partial charge in [0.05, 0.1) is 11.7 Å². The van der Waals surface area contributed by atoms with Crippen molar-refractivity contribution in [2.45, 2.75) is 39.2 Å². The molecule has 23 heavy (non-hydrogen) atoms. The van der Waals surface area contributed by atoms with Crippen molar-refractivity contribution in [2.24, 2.45) is 11.8 Å². The first-order valence-corrected chi connectivity index (χ1v) is 8.73. The zero-order chi connectivity index (χ0) is 16.4. The lowest BCUT2D eigenvalue weighted by Crippen LogP contribution is -2.45. The van der Waals surface area contributed by atoms with Crippen molar-refractivity contribution in [1.29, 1.82) is 0 Å². The number of β-amino-alcohol motifs (C(OH)–C–C–N with tert-alkyl or cyclic N) is 1. The number of carbonyl (C=O) groups is 1. The van der Waals surface area contributed by atoms with Crippen LogP contribution in [0.1, 0.15) is 43.5 Å². The molecule has 0 bridgehead atoms. The van der Waals surface area contributed by atoms with Crippen LogP contribution in [0.5, 0.6) is 0 Å². The summed E-state index contributed by atoms with van der Waals surface area (Å²) in [5, 5.41) is 9.96. The molecule has 3 heterocycles. The molecule has 0 aliphatic carbocycles. The Kier molecular flexibility index (Phi) is 4.85. The van der Waals surface area contributed by atoms with E-state index in [1.165, 1.54) is 12.8 Å². The van der Waals surface area contributed by atoms with Gasteiger partial charge in [0.1, 0.15) is 5.82 Å². The summed E-state index contributed by atoms with van der Waals surface area (Å²) in [6.45, 7) is 7.53. The third kappa shape index (κ3) is 3.66. The van der Waals surface area contributed by atoms with Gasteiger partial charge >= 0.3 is 0 Å². The van der Waals surface area contributed by atoms with E-state index in [1.54, 1.807) is 11.1 Å². The number of aliphatic hydroxyl groups is 1. The van der Waals surface area contributed by atoms with Crippen LogP contribution in [-0.4, -0.2) is 53.2 Å². The van der Waals surface area contributed by atoms with E-state index in [9.17, 15) is 9.90 Å². The fourth-order valence-corrected chi connectivity index (χ4v) is 3.35. The van der Waals surface area contributed by atoms with E-state index in [0.717, 1.165) is 31.2 Å². The summed E-state index contributed by atoms with van der Waals surface area (Å²) >= 11 is 0. The van der Waals surface area contributed by atoms with Crippen molar-refractivity contribution in [1.82, 2.24) is 9.88 Å². The molecule has 1 aromatic heterocycles. The van der Waals surface area contributed by atoms with E-state index >= 15 is 0 Å². The lowest BCUT2D eigenvalue weighted by molar-refractivity contribution is 0.0248. The monoisotopic (exact) mass is 317 g/mol. The molecule has 1 N–H and O–H groups in total. The number of carbonyl (C=O) groups excluding carboxylic acids is 1. The Labute approximate surface area is 138 Å². The maximum absolute atomic E-state index is 12.5. The predicted octanol–water partition coefficient (Wildman–Crippen LogP) is 2.16. The van der Waals surface area contributed by atoms with Crippen LogP contribution < -0.4 is 4.90 Å². The number of piperidine rings is 2. The molecule has 0 saturated carbocycles. The number of rotatable bonds is 2. The van der Waals surface area contributed by atoms with Gasteiger partial charge in [0.15, 0.2) is 0 Å². The standard InChI is InChI=1S/C18H27N3O2/c1-13-5-8-20(9-6-13)17-4-3-15(11-19-17)18(23)21-10-7-14(2)16(22)12-21/h3-4,11,13-14,16,22H,5-10,12H2,1-2H3. The molecule has 2 saturated heterocycles. The molecular formula is C18H27N3O2. The Morgan fingerprint density at radius 1 is 1.17 bits per heavy atom. The second-order valence-corrected chi connectivity index (χ2v) is 7.16. The molecule has 1 amide bonds. The molecule has 1 aromatic rings. The van der Waals surface area contributed by atoms with Crippen molar-refractivity contribution in [3.8, 4) is 0 Å². The molecule has 0 spiro atoms. The van der Waals surface area contributed by atoms with Crippen molar-refractivity contribution in [2.75, 3.05) is 31.1 Å². The van der Waals surface area contributed by atoms with Crippen molar-refractivity contribution in [3.05, 3.63) is 23.9 Å². The van der Waals surface area contributed by atoms with E-state index < -0.39 is 6.10 Å². The Bertz CT molecular complexity index is 538. The lowest BCUT2D eigenvalue weighted by atomic mass is 9.95. The molecule has 126 valence electrons. The summed E-state index contributed by atoms with van der Waals surface area (Å²) in [5.74, 6) is 1.99. The summed E-state index contributed by atoms with van der Waals surface area (Å²) in [6, 6.07) is 3.82. The molecule has 5 nitrogen and oxygen atoms in total. The Balaban J connectivity index is 1.64. The topological polar surface area (TPSA) is 56.7 Å². The first kappa shape index (κ1) is 16.2. The molecule has 2 fully saturated rings. The number of amides is 1. The largest absolute Gasteiger partial charge is 0.391 e. The zero-order valence-electron chi connectivity index (χ0n) is 14.1. The van der Waals surface area contributed by atoms with Crippen molar-refractivity contribution >= 4 is 11.7 Å². The van der Waals surface area contributed by atoms with Crippen molar-refractivity contribution in [3.63, 3.8) is 0 Å². The fourth-order valence-electron chi connectivity index (χ4n) is 3.35. The van der Waals surface area contributed by atoms with E-state index in [-0.39, 0.29) is 11.8 Å². The van der Waals surface area contributed by atoms with E-state index in [2.05, 4.69) is 16.8 Å². The van der Waals surface area contributed by atoms with Gasteiger partial charge in [0.25, 0.3) is 5.91 Å². The number of aromatic nitrogens is 1. The number of anilines is 1. The molecule has 3 rings (SSSR count). The summed E-state index contributed by atoms with van der Waals surface area (Å²) < 4.78 is 0. The molecule has 2 aliphatic heterocycles. The average molecular weight is 317 g/mol. The molecule has 2 atom stereocenters. The van der Waals surface area contributed by atoms with Gasteiger partial charge in [-0.25, -0.2) is 4.98 Å². The van der Waals surface area contributed by atoms with Gasteiger partial charge in [0, 0.05) is 32.4 Å². The number of pyridine rings is 1. The summed E-state index contributed by atoms with van der Waals surface area (Å²) in [5.41, 5.74) is 0.612. The molecule has 0 radical (unpaired) electrons. The SMILES string of the molecule is CC1CCN(c2ccc(C(=O)N3CCC(C)C(O)C3)cn2)CC1. The second-order valence-electron chi connectivity index (χ2n) is 7.16. The summed E-state index contributed by atoms with van der Waals surface area (Å²) in [7, 11) is 0. The highest BCUT2D eigenvalue weighted by molar-refractivity contribution is 5.94.